The van der Waals surface area contributed by atoms with Gasteiger partial charge < -0.3 is 16.2 Å². The molecule has 0 fully saturated rings. The number of rotatable bonds is 6. The summed E-state index contributed by atoms with van der Waals surface area (Å²) in [5.41, 5.74) is 0. The molecule has 0 saturated heterocycles. The van der Waals surface area contributed by atoms with E-state index in [9.17, 15) is 0 Å². The summed E-state index contributed by atoms with van der Waals surface area (Å²) in [6.07, 6.45) is 9.89. The second-order valence-corrected chi connectivity index (χ2v) is 3.29. The first kappa shape index (κ1) is 25.3. The largest absolute Gasteiger partial charge is 0.724 e. The van der Waals surface area contributed by atoms with E-state index >= 15 is 0 Å². The normalized spacial score (nSPS) is 6.33. The summed E-state index contributed by atoms with van der Waals surface area (Å²) in [6, 6.07) is 1.17. The lowest BCUT2D eigenvalue weighted by Gasteiger charge is -1.95. The topological polar surface area (TPSA) is 118 Å². The average molecular weight is 267 g/mol. The van der Waals surface area contributed by atoms with Crippen molar-refractivity contribution in [1.29, 1.82) is 0 Å². The molecule has 0 aliphatic carbocycles. The van der Waals surface area contributed by atoms with Gasteiger partial charge in [-0.05, 0) is 18.2 Å². The molecule has 0 aromatic heterocycles. The predicted molar refractivity (Wildman–Crippen MR) is 71.1 cm³/mol. The van der Waals surface area contributed by atoms with Gasteiger partial charge in [0.1, 0.15) is 0 Å². The Morgan fingerprint density at radius 3 is 1.33 bits per heavy atom. The molecule has 0 N–H and O–H groups in total. The highest BCUT2D eigenvalue weighted by molar-refractivity contribution is 6.08. The van der Waals surface area contributed by atoms with Gasteiger partial charge >= 0.3 is 0 Å². The molecule has 0 amide bonds. The van der Waals surface area contributed by atoms with Crippen LogP contribution in [0, 0.1) is 0 Å². The van der Waals surface area contributed by atoms with Crippen LogP contribution in [0.1, 0.15) is 45.4 Å². The highest BCUT2D eigenvalue weighted by Crippen LogP contribution is 2.05. The molecular weight excluding hydrogens is 250 g/mol. The second kappa shape index (κ2) is 45.3. The van der Waals surface area contributed by atoms with E-state index in [0.29, 0.717) is 18.2 Å². The van der Waals surface area contributed by atoms with Gasteiger partial charge in [-0.1, -0.05) is 51.5 Å². The highest BCUT2D eigenvalue weighted by Gasteiger charge is 1.85. The lowest BCUT2D eigenvalue weighted by Crippen LogP contribution is -1.77. The van der Waals surface area contributed by atoms with Crippen LogP contribution in [0.25, 0.3) is 16.2 Å². The van der Waals surface area contributed by atoms with Gasteiger partial charge in [0, 0.05) is 10.2 Å². The SMILES string of the molecule is CCCCCCCC[Si].[N-]=C=O.[N-]=C=O.[N-]=C=O. The van der Waals surface area contributed by atoms with Crippen molar-refractivity contribution in [2.45, 2.75) is 51.5 Å². The Morgan fingerprint density at radius 1 is 0.778 bits per heavy atom. The Labute approximate surface area is 111 Å². The van der Waals surface area contributed by atoms with E-state index in [4.69, 9.17) is 30.6 Å². The van der Waals surface area contributed by atoms with Gasteiger partial charge in [-0.3, -0.25) is 14.4 Å². The summed E-state index contributed by atoms with van der Waals surface area (Å²) < 4.78 is 0. The maximum Gasteiger partial charge on any atom is 0.0222 e. The smallest absolute Gasteiger partial charge is 0.0222 e. The minimum atomic E-state index is 0.500. The summed E-state index contributed by atoms with van der Waals surface area (Å²) in [5, 5.41) is 20.3. The highest BCUT2D eigenvalue weighted by atomic mass is 28.1. The first-order valence-electron chi connectivity index (χ1n) is 5.34. The third-order valence-corrected chi connectivity index (χ3v) is 1.88. The van der Waals surface area contributed by atoms with Gasteiger partial charge in [0.05, 0.1) is 0 Å². The van der Waals surface area contributed by atoms with Crippen molar-refractivity contribution in [1.82, 2.24) is 0 Å². The number of nitrogens with zero attached hydrogens (tertiary/aromatic N) is 3. The molecule has 0 aromatic rings. The van der Waals surface area contributed by atoms with Crippen LogP contribution < -0.4 is 0 Å². The van der Waals surface area contributed by atoms with Crippen LogP contribution in [0.3, 0.4) is 0 Å². The van der Waals surface area contributed by atoms with Crippen LogP contribution >= 0.6 is 0 Å². The summed E-state index contributed by atoms with van der Waals surface area (Å²) in [7, 11) is 3.46. The van der Waals surface area contributed by atoms with Gasteiger partial charge in [0.15, 0.2) is 0 Å². The van der Waals surface area contributed by atoms with Crippen molar-refractivity contribution < 1.29 is 14.4 Å². The zero-order chi connectivity index (χ0) is 15.1. The van der Waals surface area contributed by atoms with Gasteiger partial charge in [-0.15, -0.1) is 0 Å². The molecule has 3 radical (unpaired) electrons. The quantitative estimate of drug-likeness (QED) is 0.318. The van der Waals surface area contributed by atoms with Crippen molar-refractivity contribution in [3.05, 3.63) is 16.2 Å². The Hall–Kier alpha value is -1.64. The summed E-state index contributed by atoms with van der Waals surface area (Å²) in [4.78, 5) is 24.7. The fourth-order valence-electron chi connectivity index (χ4n) is 0.905. The fraction of sp³-hybridized carbons (Fsp3) is 0.727. The van der Waals surface area contributed by atoms with E-state index in [-0.39, 0.29) is 0 Å². The van der Waals surface area contributed by atoms with Crippen molar-refractivity contribution in [3.63, 3.8) is 0 Å². The molecule has 0 atom stereocenters. The molecule has 0 aliphatic heterocycles. The molecule has 18 heavy (non-hydrogen) atoms. The fourth-order valence-corrected chi connectivity index (χ4v) is 1.16. The minimum absolute atomic E-state index is 0.500. The molecule has 0 saturated carbocycles. The minimum Gasteiger partial charge on any atom is -0.724 e. The molecule has 0 rings (SSSR count). The number of isocyanates is 3. The summed E-state index contributed by atoms with van der Waals surface area (Å²) >= 11 is 0. The van der Waals surface area contributed by atoms with E-state index in [2.05, 4.69) is 17.2 Å². The van der Waals surface area contributed by atoms with Gasteiger partial charge in [0.2, 0.25) is 0 Å². The molecule has 0 aromatic carbocycles. The van der Waals surface area contributed by atoms with Gasteiger partial charge in [-0.25, -0.2) is 0 Å². The number of unbranched alkanes of at least 4 members (excludes halogenated alkanes) is 5. The Balaban J connectivity index is -0.0000000902. The van der Waals surface area contributed by atoms with E-state index in [1.54, 1.807) is 0 Å². The Bertz CT molecular complexity index is 195. The van der Waals surface area contributed by atoms with Crippen LogP contribution in [0.4, 0.5) is 0 Å². The standard InChI is InChI=1S/C8H17Si.3CNO/c1-2-3-4-5-6-7-8-9;3*2-1-3/h2-8H2,1H3;;;/q;3*-1. The monoisotopic (exact) mass is 267 g/mol. The van der Waals surface area contributed by atoms with Crippen molar-refractivity contribution in [2.24, 2.45) is 0 Å². The first-order valence-corrected chi connectivity index (χ1v) is 6.05. The average Bonchev–Trinajstić information content (AvgIpc) is 2.32. The molecule has 7 heteroatoms. The zero-order valence-corrected chi connectivity index (χ0v) is 11.5. The van der Waals surface area contributed by atoms with Gasteiger partial charge in [0.25, 0.3) is 0 Å². The maximum atomic E-state index is 8.24. The van der Waals surface area contributed by atoms with E-state index in [1.165, 1.54) is 44.6 Å². The summed E-state index contributed by atoms with van der Waals surface area (Å²) in [6.45, 7) is 2.25. The molecule has 0 spiro atoms. The van der Waals surface area contributed by atoms with Crippen molar-refractivity contribution in [2.75, 3.05) is 0 Å². The molecule has 101 valence electrons. The maximum absolute atomic E-state index is 8.24. The molecule has 6 nitrogen and oxygen atoms in total. The number of hydrogen-bond acceptors (Lipinski definition) is 3. The first-order chi connectivity index (χ1) is 8.66. The number of hydrogen-bond donors (Lipinski definition) is 0. The van der Waals surface area contributed by atoms with Crippen LogP contribution in [0.2, 0.25) is 6.04 Å². The Kier molecular flexibility index (Phi) is 63.6. The number of carbonyl (C=O) groups excluding carboxylic acids is 3. The van der Waals surface area contributed by atoms with Crippen LogP contribution in [-0.4, -0.2) is 28.5 Å². The van der Waals surface area contributed by atoms with Crippen LogP contribution in [0.5, 0.6) is 0 Å². The van der Waals surface area contributed by atoms with Crippen molar-refractivity contribution in [3.8, 4) is 0 Å². The molecular formula is C11H17N3O3Si-3. The second-order valence-electron chi connectivity index (χ2n) is 2.79. The zero-order valence-electron chi connectivity index (χ0n) is 10.5. The summed E-state index contributed by atoms with van der Waals surface area (Å²) in [5.74, 6) is 0. The molecule has 0 aliphatic rings. The third kappa shape index (κ3) is 135. The van der Waals surface area contributed by atoms with Crippen LogP contribution in [-0.2, 0) is 14.4 Å². The lowest BCUT2D eigenvalue weighted by atomic mass is 10.1. The van der Waals surface area contributed by atoms with E-state index in [0.717, 1.165) is 0 Å². The predicted octanol–water partition coefficient (Wildman–Crippen LogP) is 2.61. The lowest BCUT2D eigenvalue weighted by molar-refractivity contribution is 0.568. The van der Waals surface area contributed by atoms with E-state index in [1.807, 2.05) is 0 Å². The van der Waals surface area contributed by atoms with Gasteiger partial charge in [-0.2, -0.15) is 0 Å². The third-order valence-electron chi connectivity index (χ3n) is 1.53. The Morgan fingerprint density at radius 2 is 1.06 bits per heavy atom. The molecule has 0 unspecified atom stereocenters. The molecule has 0 heterocycles. The van der Waals surface area contributed by atoms with E-state index < -0.39 is 0 Å². The molecule has 0 bridgehead atoms. The van der Waals surface area contributed by atoms with Crippen LogP contribution in [0.15, 0.2) is 0 Å². The van der Waals surface area contributed by atoms with Crippen molar-refractivity contribution >= 4 is 28.5 Å².